The summed E-state index contributed by atoms with van der Waals surface area (Å²) in [7, 11) is 0. The first-order valence-corrected chi connectivity index (χ1v) is 11.8. The third kappa shape index (κ3) is 5.42. The number of carbonyl (C=O) groups excluding carboxylic acids is 2. The molecule has 3 aromatic rings. The predicted octanol–water partition coefficient (Wildman–Crippen LogP) is 3.45. The van der Waals surface area contributed by atoms with Gasteiger partial charge in [-0.25, -0.2) is 4.68 Å². The van der Waals surface area contributed by atoms with E-state index in [2.05, 4.69) is 5.10 Å². The van der Waals surface area contributed by atoms with Crippen LogP contribution < -0.4 is 5.56 Å². The molecule has 1 aromatic heterocycles. The van der Waals surface area contributed by atoms with Gasteiger partial charge in [0.2, 0.25) is 5.91 Å². The Kier molecular flexibility index (Phi) is 7.52. The van der Waals surface area contributed by atoms with Gasteiger partial charge in [-0.15, -0.1) is 0 Å². The van der Waals surface area contributed by atoms with Crippen molar-refractivity contribution in [1.29, 1.82) is 0 Å². The van der Waals surface area contributed by atoms with Crippen molar-refractivity contribution >= 4 is 11.8 Å². The maximum atomic E-state index is 13.3. The van der Waals surface area contributed by atoms with Crippen LogP contribution in [0.15, 0.2) is 77.6 Å². The van der Waals surface area contributed by atoms with Gasteiger partial charge >= 0.3 is 0 Å². The van der Waals surface area contributed by atoms with Gasteiger partial charge in [0.15, 0.2) is 0 Å². The molecule has 1 fully saturated rings. The van der Waals surface area contributed by atoms with Crippen LogP contribution >= 0.6 is 0 Å². The fourth-order valence-electron chi connectivity index (χ4n) is 4.44. The lowest BCUT2D eigenvalue weighted by Crippen LogP contribution is -2.50. The molecule has 0 radical (unpaired) electrons. The minimum absolute atomic E-state index is 0.0286. The van der Waals surface area contributed by atoms with Crippen LogP contribution in [-0.2, 0) is 11.3 Å². The molecule has 4 rings (SSSR count). The van der Waals surface area contributed by atoms with Gasteiger partial charge in [0.25, 0.3) is 11.5 Å². The van der Waals surface area contributed by atoms with E-state index in [1.54, 1.807) is 6.07 Å². The van der Waals surface area contributed by atoms with Crippen LogP contribution in [0.4, 0.5) is 0 Å². The molecule has 7 heteroatoms. The molecule has 0 aliphatic carbocycles. The number of hydrogen-bond donors (Lipinski definition) is 0. The standard InChI is InChI=1S/C27H30N4O3/c1-2-17-30(23-15-18-29(19-16-23)27(34)22-11-7-4-8-12-22)26(33)20-31-25(32)14-13-24(28-31)21-9-5-3-6-10-21/h3-14,23H,2,15-20H2,1H3. The Hall–Kier alpha value is -3.74. The summed E-state index contributed by atoms with van der Waals surface area (Å²) in [5.41, 5.74) is 1.94. The third-order valence-corrected chi connectivity index (χ3v) is 6.22. The van der Waals surface area contributed by atoms with E-state index >= 15 is 0 Å². The van der Waals surface area contributed by atoms with Gasteiger partial charge in [0.05, 0.1) is 5.69 Å². The molecule has 1 saturated heterocycles. The number of likely N-dealkylation sites (tertiary alicyclic amines) is 1. The Morgan fingerprint density at radius 1 is 0.941 bits per heavy atom. The first-order chi connectivity index (χ1) is 16.6. The number of aromatic nitrogens is 2. The molecule has 0 N–H and O–H groups in total. The van der Waals surface area contributed by atoms with Crippen LogP contribution in [0, 0.1) is 0 Å². The monoisotopic (exact) mass is 458 g/mol. The maximum absolute atomic E-state index is 13.3. The normalized spacial score (nSPS) is 14.1. The molecule has 0 spiro atoms. The third-order valence-electron chi connectivity index (χ3n) is 6.22. The Morgan fingerprint density at radius 3 is 2.24 bits per heavy atom. The van der Waals surface area contributed by atoms with Crippen molar-refractivity contribution in [3.05, 3.63) is 88.7 Å². The molecule has 0 atom stereocenters. The fraction of sp³-hybridized carbons (Fsp3) is 0.333. The highest BCUT2D eigenvalue weighted by Gasteiger charge is 2.30. The van der Waals surface area contributed by atoms with Gasteiger partial charge < -0.3 is 9.80 Å². The van der Waals surface area contributed by atoms with E-state index in [9.17, 15) is 14.4 Å². The summed E-state index contributed by atoms with van der Waals surface area (Å²) in [6.45, 7) is 3.77. The van der Waals surface area contributed by atoms with Crippen LogP contribution in [0.5, 0.6) is 0 Å². The quantitative estimate of drug-likeness (QED) is 0.544. The van der Waals surface area contributed by atoms with Crippen molar-refractivity contribution in [2.24, 2.45) is 0 Å². The van der Waals surface area contributed by atoms with E-state index in [4.69, 9.17) is 0 Å². The second-order valence-electron chi connectivity index (χ2n) is 8.56. The topological polar surface area (TPSA) is 75.5 Å². The first kappa shape index (κ1) is 23.4. The second-order valence-corrected chi connectivity index (χ2v) is 8.56. The van der Waals surface area contributed by atoms with Crippen LogP contribution in [0.1, 0.15) is 36.5 Å². The average Bonchev–Trinajstić information content (AvgIpc) is 2.89. The van der Waals surface area contributed by atoms with Crippen molar-refractivity contribution < 1.29 is 9.59 Å². The zero-order chi connectivity index (χ0) is 23.9. The number of piperidine rings is 1. The molecular formula is C27H30N4O3. The maximum Gasteiger partial charge on any atom is 0.267 e. The van der Waals surface area contributed by atoms with Crippen LogP contribution in [-0.4, -0.2) is 57.1 Å². The molecule has 2 heterocycles. The number of amides is 2. The largest absolute Gasteiger partial charge is 0.338 e. The first-order valence-electron chi connectivity index (χ1n) is 11.8. The highest BCUT2D eigenvalue weighted by molar-refractivity contribution is 5.94. The molecule has 0 bridgehead atoms. The summed E-state index contributed by atoms with van der Waals surface area (Å²) in [4.78, 5) is 42.2. The van der Waals surface area contributed by atoms with Gasteiger partial charge in [-0.2, -0.15) is 5.10 Å². The van der Waals surface area contributed by atoms with Crippen LogP contribution in [0.3, 0.4) is 0 Å². The molecule has 2 amide bonds. The Labute approximate surface area is 199 Å². The number of hydrogen-bond acceptors (Lipinski definition) is 4. The van der Waals surface area contributed by atoms with Gasteiger partial charge in [-0.3, -0.25) is 14.4 Å². The summed E-state index contributed by atoms with van der Waals surface area (Å²) in [6, 6.07) is 22.1. The zero-order valence-electron chi connectivity index (χ0n) is 19.5. The molecule has 34 heavy (non-hydrogen) atoms. The van der Waals surface area contributed by atoms with Gasteiger partial charge in [0.1, 0.15) is 6.54 Å². The van der Waals surface area contributed by atoms with Crippen LogP contribution in [0.25, 0.3) is 11.3 Å². The van der Waals surface area contributed by atoms with Crippen molar-refractivity contribution in [2.75, 3.05) is 19.6 Å². The molecule has 1 aliphatic heterocycles. The van der Waals surface area contributed by atoms with Crippen molar-refractivity contribution in [2.45, 2.75) is 38.8 Å². The minimum Gasteiger partial charge on any atom is -0.338 e. The molecule has 7 nitrogen and oxygen atoms in total. The Morgan fingerprint density at radius 2 is 1.59 bits per heavy atom. The number of benzene rings is 2. The number of nitrogens with zero attached hydrogens (tertiary/aromatic N) is 4. The predicted molar refractivity (Wildman–Crippen MR) is 131 cm³/mol. The van der Waals surface area contributed by atoms with Gasteiger partial charge in [-0.05, 0) is 37.5 Å². The molecule has 2 aromatic carbocycles. The lowest BCUT2D eigenvalue weighted by molar-refractivity contribution is -0.135. The Balaban J connectivity index is 1.43. The smallest absolute Gasteiger partial charge is 0.267 e. The van der Waals surface area contributed by atoms with Crippen molar-refractivity contribution in [3.8, 4) is 11.3 Å². The highest BCUT2D eigenvalue weighted by atomic mass is 16.2. The minimum atomic E-state index is -0.298. The summed E-state index contributed by atoms with van der Waals surface area (Å²) >= 11 is 0. The molecule has 0 unspecified atom stereocenters. The second kappa shape index (κ2) is 10.9. The van der Waals surface area contributed by atoms with Crippen LogP contribution in [0.2, 0.25) is 0 Å². The molecule has 1 aliphatic rings. The zero-order valence-corrected chi connectivity index (χ0v) is 19.5. The summed E-state index contributed by atoms with van der Waals surface area (Å²) in [5, 5.41) is 4.44. The SMILES string of the molecule is CCCN(C(=O)Cn1nc(-c2ccccc2)ccc1=O)C1CCN(C(=O)c2ccccc2)CC1. The summed E-state index contributed by atoms with van der Waals surface area (Å²) in [5.74, 6) is -0.0876. The highest BCUT2D eigenvalue weighted by Crippen LogP contribution is 2.20. The van der Waals surface area contributed by atoms with Gasteiger partial charge in [0, 0.05) is 42.9 Å². The lowest BCUT2D eigenvalue weighted by Gasteiger charge is -2.38. The van der Waals surface area contributed by atoms with E-state index in [-0.39, 0.29) is 30.0 Å². The van der Waals surface area contributed by atoms with E-state index in [1.165, 1.54) is 10.7 Å². The Bertz CT molecular complexity index is 1170. The average molecular weight is 459 g/mol. The van der Waals surface area contributed by atoms with Crippen molar-refractivity contribution in [1.82, 2.24) is 19.6 Å². The van der Waals surface area contributed by atoms with Gasteiger partial charge in [-0.1, -0.05) is 55.5 Å². The van der Waals surface area contributed by atoms with Crippen molar-refractivity contribution in [3.63, 3.8) is 0 Å². The number of rotatable bonds is 7. The van der Waals surface area contributed by atoms with E-state index in [1.807, 2.05) is 77.4 Å². The molecular weight excluding hydrogens is 428 g/mol. The molecule has 0 saturated carbocycles. The van der Waals surface area contributed by atoms with E-state index < -0.39 is 0 Å². The number of carbonyl (C=O) groups is 2. The lowest BCUT2D eigenvalue weighted by atomic mass is 10.0. The summed E-state index contributed by atoms with van der Waals surface area (Å²) < 4.78 is 1.25. The van der Waals surface area contributed by atoms with E-state index in [0.29, 0.717) is 30.9 Å². The van der Waals surface area contributed by atoms with E-state index in [0.717, 1.165) is 24.8 Å². The molecule has 176 valence electrons. The summed E-state index contributed by atoms with van der Waals surface area (Å²) in [6.07, 6.45) is 2.26. The fourth-order valence-corrected chi connectivity index (χ4v) is 4.44.